The summed E-state index contributed by atoms with van der Waals surface area (Å²) in [5, 5.41) is 0.923. The van der Waals surface area contributed by atoms with E-state index in [1.54, 1.807) is 0 Å². The number of carbonyl (C=O) groups is 1. The Morgan fingerprint density at radius 2 is 2.33 bits per heavy atom. The van der Waals surface area contributed by atoms with Gasteiger partial charge in [-0.1, -0.05) is 34.5 Å². The minimum Gasteiger partial charge on any atom is -0.334 e. The Morgan fingerprint density at radius 3 is 2.94 bits per heavy atom. The van der Waals surface area contributed by atoms with Crippen LogP contribution in [0.4, 0.5) is 4.39 Å². The molecule has 1 saturated heterocycles. The van der Waals surface area contributed by atoms with E-state index in [0.717, 1.165) is 18.3 Å². The lowest BCUT2D eigenvalue weighted by molar-refractivity contribution is 0.0739. The number of likely N-dealkylation sites (tertiary alicyclic amines) is 1. The topological polar surface area (TPSA) is 20.3 Å². The maximum atomic E-state index is 13.0. The first-order chi connectivity index (χ1) is 8.54. The first-order valence-corrected chi connectivity index (χ1v) is 7.36. The van der Waals surface area contributed by atoms with Crippen molar-refractivity contribution in [3.05, 3.63) is 34.6 Å². The van der Waals surface area contributed by atoms with Crippen LogP contribution in [0.25, 0.3) is 0 Å². The summed E-state index contributed by atoms with van der Waals surface area (Å²) < 4.78 is 13.0. The van der Waals surface area contributed by atoms with Gasteiger partial charge in [-0.3, -0.25) is 4.79 Å². The molecule has 2 atom stereocenters. The SMILES string of the molecule is CC1CCN(C(=O)c2ccc(F)cc2Cl)C1CBr. The van der Waals surface area contributed by atoms with Crippen molar-refractivity contribution in [1.29, 1.82) is 0 Å². The van der Waals surface area contributed by atoms with Crippen LogP contribution < -0.4 is 0 Å². The first-order valence-electron chi connectivity index (χ1n) is 5.86. The quantitative estimate of drug-likeness (QED) is 0.755. The number of carbonyl (C=O) groups excluding carboxylic acids is 1. The molecule has 0 saturated carbocycles. The molecule has 2 nitrogen and oxygen atoms in total. The second-order valence-electron chi connectivity index (χ2n) is 4.61. The standard InChI is InChI=1S/C13H14BrClFNO/c1-8-4-5-17(12(8)7-14)13(18)10-3-2-9(16)6-11(10)15/h2-3,6,8,12H,4-5,7H2,1H3. The van der Waals surface area contributed by atoms with E-state index in [0.29, 0.717) is 11.5 Å². The van der Waals surface area contributed by atoms with E-state index in [4.69, 9.17) is 11.6 Å². The Morgan fingerprint density at radius 1 is 1.61 bits per heavy atom. The van der Waals surface area contributed by atoms with Gasteiger partial charge in [-0.05, 0) is 30.5 Å². The predicted octanol–water partition coefficient (Wildman–Crippen LogP) is 3.72. The molecule has 1 amide bonds. The number of alkyl halides is 1. The van der Waals surface area contributed by atoms with Crippen molar-refractivity contribution in [1.82, 2.24) is 4.90 Å². The molecule has 0 radical (unpaired) electrons. The fraction of sp³-hybridized carbons (Fsp3) is 0.462. The summed E-state index contributed by atoms with van der Waals surface area (Å²) in [5.41, 5.74) is 0.373. The highest BCUT2D eigenvalue weighted by molar-refractivity contribution is 9.09. The van der Waals surface area contributed by atoms with E-state index in [9.17, 15) is 9.18 Å². The molecule has 0 spiro atoms. The van der Waals surface area contributed by atoms with Gasteiger partial charge in [0.25, 0.3) is 5.91 Å². The Balaban J connectivity index is 2.26. The maximum absolute atomic E-state index is 13.0. The summed E-state index contributed by atoms with van der Waals surface area (Å²) in [5.74, 6) is -0.0790. The molecule has 98 valence electrons. The van der Waals surface area contributed by atoms with Crippen LogP contribution in [0.5, 0.6) is 0 Å². The van der Waals surface area contributed by atoms with Crippen molar-refractivity contribution in [3.63, 3.8) is 0 Å². The van der Waals surface area contributed by atoms with E-state index in [1.807, 2.05) is 4.90 Å². The smallest absolute Gasteiger partial charge is 0.255 e. The third kappa shape index (κ3) is 2.54. The second-order valence-corrected chi connectivity index (χ2v) is 5.67. The summed E-state index contributed by atoms with van der Waals surface area (Å²) in [6.45, 7) is 2.86. The van der Waals surface area contributed by atoms with E-state index < -0.39 is 5.82 Å². The van der Waals surface area contributed by atoms with Crippen LogP contribution in [0.1, 0.15) is 23.7 Å². The van der Waals surface area contributed by atoms with Crippen LogP contribution in [0.3, 0.4) is 0 Å². The molecule has 0 aliphatic carbocycles. The molecule has 18 heavy (non-hydrogen) atoms. The Hall–Kier alpha value is -0.610. The van der Waals surface area contributed by atoms with Gasteiger partial charge in [0.15, 0.2) is 0 Å². The molecule has 1 aliphatic rings. The van der Waals surface area contributed by atoms with Gasteiger partial charge in [-0.15, -0.1) is 0 Å². The Kier molecular flexibility index (Phi) is 4.28. The van der Waals surface area contributed by atoms with Crippen molar-refractivity contribution >= 4 is 33.4 Å². The van der Waals surface area contributed by atoms with Gasteiger partial charge in [-0.25, -0.2) is 4.39 Å². The number of amides is 1. The summed E-state index contributed by atoms with van der Waals surface area (Å²) in [7, 11) is 0. The van der Waals surface area contributed by atoms with Crippen LogP contribution in [0.15, 0.2) is 18.2 Å². The third-order valence-electron chi connectivity index (χ3n) is 3.46. The largest absolute Gasteiger partial charge is 0.334 e. The van der Waals surface area contributed by atoms with Gasteiger partial charge in [0.2, 0.25) is 0 Å². The van der Waals surface area contributed by atoms with Crippen molar-refractivity contribution in [2.45, 2.75) is 19.4 Å². The number of nitrogens with zero attached hydrogens (tertiary/aromatic N) is 1. The van der Waals surface area contributed by atoms with Crippen LogP contribution in [-0.4, -0.2) is 28.7 Å². The highest BCUT2D eigenvalue weighted by Crippen LogP contribution is 2.28. The highest BCUT2D eigenvalue weighted by Gasteiger charge is 2.34. The van der Waals surface area contributed by atoms with Gasteiger partial charge in [0, 0.05) is 17.9 Å². The van der Waals surface area contributed by atoms with E-state index in [2.05, 4.69) is 22.9 Å². The Bertz CT molecular complexity index is 468. The van der Waals surface area contributed by atoms with E-state index >= 15 is 0 Å². The van der Waals surface area contributed by atoms with Crippen LogP contribution in [0.2, 0.25) is 5.02 Å². The average molecular weight is 335 g/mol. The molecule has 5 heteroatoms. The zero-order chi connectivity index (χ0) is 13.3. The average Bonchev–Trinajstić information content (AvgIpc) is 2.69. The zero-order valence-electron chi connectivity index (χ0n) is 10.00. The lowest BCUT2D eigenvalue weighted by Gasteiger charge is -2.25. The fourth-order valence-electron chi connectivity index (χ4n) is 2.31. The molecular weight excluding hydrogens is 321 g/mol. The van der Waals surface area contributed by atoms with Gasteiger partial charge >= 0.3 is 0 Å². The van der Waals surface area contributed by atoms with Gasteiger partial charge < -0.3 is 4.90 Å². The molecular formula is C13H14BrClFNO. The van der Waals surface area contributed by atoms with Crippen molar-refractivity contribution in [2.75, 3.05) is 11.9 Å². The van der Waals surface area contributed by atoms with Gasteiger partial charge in [-0.2, -0.15) is 0 Å². The first kappa shape index (κ1) is 13.8. The zero-order valence-corrected chi connectivity index (χ0v) is 12.3. The third-order valence-corrected chi connectivity index (χ3v) is 4.44. The molecule has 1 aliphatic heterocycles. The molecule has 2 rings (SSSR count). The monoisotopic (exact) mass is 333 g/mol. The molecule has 1 fully saturated rings. The maximum Gasteiger partial charge on any atom is 0.255 e. The van der Waals surface area contributed by atoms with Crippen molar-refractivity contribution in [3.8, 4) is 0 Å². The summed E-state index contributed by atoms with van der Waals surface area (Å²) in [6, 6.07) is 4.08. The minimum absolute atomic E-state index is 0.117. The van der Waals surface area contributed by atoms with Gasteiger partial charge in [0.05, 0.1) is 10.6 Å². The van der Waals surface area contributed by atoms with Crippen LogP contribution in [0, 0.1) is 11.7 Å². The molecule has 1 aromatic carbocycles. The lowest BCUT2D eigenvalue weighted by Crippen LogP contribution is -2.38. The van der Waals surface area contributed by atoms with Crippen LogP contribution >= 0.6 is 27.5 Å². The van der Waals surface area contributed by atoms with Crippen molar-refractivity contribution < 1.29 is 9.18 Å². The predicted molar refractivity (Wildman–Crippen MR) is 73.8 cm³/mol. The number of rotatable bonds is 2. The minimum atomic E-state index is -0.427. The van der Waals surface area contributed by atoms with Crippen molar-refractivity contribution in [2.24, 2.45) is 5.92 Å². The van der Waals surface area contributed by atoms with E-state index in [1.165, 1.54) is 18.2 Å². The number of benzene rings is 1. The summed E-state index contributed by atoms with van der Waals surface area (Å²) >= 11 is 9.37. The summed E-state index contributed by atoms with van der Waals surface area (Å²) in [6.07, 6.45) is 0.987. The Labute approximate surface area is 119 Å². The normalized spacial score (nSPS) is 23.4. The molecule has 1 heterocycles. The van der Waals surface area contributed by atoms with Crippen LogP contribution in [-0.2, 0) is 0 Å². The van der Waals surface area contributed by atoms with Gasteiger partial charge in [0.1, 0.15) is 5.82 Å². The molecule has 2 unspecified atom stereocenters. The number of halogens is 3. The highest BCUT2D eigenvalue weighted by atomic mass is 79.9. The lowest BCUT2D eigenvalue weighted by atomic mass is 10.0. The molecule has 0 N–H and O–H groups in total. The fourth-order valence-corrected chi connectivity index (χ4v) is 3.55. The second kappa shape index (κ2) is 5.57. The molecule has 0 aromatic heterocycles. The number of hydrogen-bond donors (Lipinski definition) is 0. The number of hydrogen-bond acceptors (Lipinski definition) is 1. The molecule has 0 bridgehead atoms. The summed E-state index contributed by atoms with van der Waals surface area (Å²) in [4.78, 5) is 14.2. The molecule has 1 aromatic rings. The van der Waals surface area contributed by atoms with E-state index in [-0.39, 0.29) is 17.0 Å².